The Balaban J connectivity index is 4.49. The van der Waals surface area contributed by atoms with Crippen LogP contribution in [0.25, 0.3) is 0 Å². The number of phosphoric acid groups is 1. The van der Waals surface area contributed by atoms with Gasteiger partial charge in [0, 0.05) is 12.8 Å². The second-order valence-electron chi connectivity index (χ2n) is 15.4. The lowest BCUT2D eigenvalue weighted by molar-refractivity contribution is -0.870. The highest BCUT2D eigenvalue weighted by Crippen LogP contribution is 2.43. The number of quaternary nitrogens is 1. The Kier molecular flexibility index (Phi) is 36.3. The first-order valence-corrected chi connectivity index (χ1v) is 23.1. The van der Waals surface area contributed by atoms with Gasteiger partial charge in [-0.15, -0.1) is 0 Å². The van der Waals surface area contributed by atoms with Gasteiger partial charge in [-0.1, -0.05) is 157 Å². The fourth-order valence-electron chi connectivity index (χ4n) is 5.43. The van der Waals surface area contributed by atoms with Crippen LogP contribution in [0.2, 0.25) is 0 Å². The molecule has 322 valence electrons. The molecule has 0 rings (SSSR count). The summed E-state index contributed by atoms with van der Waals surface area (Å²) < 4.78 is 34.2. The molecule has 0 heterocycles. The Hall–Kier alpha value is -2.55. The highest BCUT2D eigenvalue weighted by atomic mass is 31.2. The lowest BCUT2D eigenvalue weighted by Gasteiger charge is -2.24. The molecular formula is C46H81NO8P+. The SMILES string of the molecule is C/C=C\C/C=C\C/C=C\C/C=C\C/C=C\C/C=C\CCCC(=O)O[C@H](COC(=O)CCCCCCCCCCCCCCC)COP(=O)(O)OCC[N+](C)(C)C. The van der Waals surface area contributed by atoms with Gasteiger partial charge in [-0.2, -0.15) is 0 Å². The van der Waals surface area contributed by atoms with E-state index in [4.69, 9.17) is 18.5 Å². The zero-order valence-corrected chi connectivity index (χ0v) is 37.0. The summed E-state index contributed by atoms with van der Waals surface area (Å²) in [5.41, 5.74) is 0. The van der Waals surface area contributed by atoms with Crippen LogP contribution in [0.5, 0.6) is 0 Å². The number of carbonyl (C=O) groups excluding carboxylic acids is 2. The largest absolute Gasteiger partial charge is 0.472 e. The molecule has 0 fully saturated rings. The quantitative estimate of drug-likeness (QED) is 0.0216. The number of likely N-dealkylation sites (N-methyl/N-ethyl adjacent to an activating group) is 1. The molecule has 0 saturated heterocycles. The van der Waals surface area contributed by atoms with Gasteiger partial charge in [-0.05, 0) is 58.3 Å². The molecule has 9 nitrogen and oxygen atoms in total. The van der Waals surface area contributed by atoms with Crippen molar-refractivity contribution in [2.24, 2.45) is 0 Å². The Morgan fingerprint density at radius 1 is 0.589 bits per heavy atom. The number of nitrogens with zero attached hydrogens (tertiary/aromatic N) is 1. The van der Waals surface area contributed by atoms with E-state index >= 15 is 0 Å². The van der Waals surface area contributed by atoms with Gasteiger partial charge in [0.05, 0.1) is 27.7 Å². The maximum Gasteiger partial charge on any atom is 0.472 e. The van der Waals surface area contributed by atoms with Crippen molar-refractivity contribution in [2.75, 3.05) is 47.5 Å². The summed E-state index contributed by atoms with van der Waals surface area (Å²) in [6.45, 7) is 4.11. The number of esters is 2. The van der Waals surface area contributed by atoms with Crippen LogP contribution in [-0.4, -0.2) is 74.9 Å². The van der Waals surface area contributed by atoms with E-state index in [2.05, 4.69) is 73.8 Å². The van der Waals surface area contributed by atoms with E-state index in [0.717, 1.165) is 51.4 Å². The Morgan fingerprint density at radius 2 is 1.04 bits per heavy atom. The van der Waals surface area contributed by atoms with E-state index in [1.165, 1.54) is 64.2 Å². The molecule has 0 aromatic carbocycles. The monoisotopic (exact) mass is 807 g/mol. The third-order valence-corrected chi connectivity index (χ3v) is 9.82. The molecular weight excluding hydrogens is 725 g/mol. The summed E-state index contributed by atoms with van der Waals surface area (Å²) in [5, 5.41) is 0. The van der Waals surface area contributed by atoms with Crippen LogP contribution in [0.3, 0.4) is 0 Å². The molecule has 0 spiro atoms. The predicted octanol–water partition coefficient (Wildman–Crippen LogP) is 12.2. The molecule has 1 unspecified atom stereocenters. The van der Waals surface area contributed by atoms with Crippen LogP contribution < -0.4 is 0 Å². The van der Waals surface area contributed by atoms with Crippen LogP contribution in [0, 0.1) is 0 Å². The molecule has 0 radical (unpaired) electrons. The zero-order valence-electron chi connectivity index (χ0n) is 36.1. The fraction of sp³-hybridized carbons (Fsp3) is 0.696. The summed E-state index contributed by atoms with van der Waals surface area (Å²) in [7, 11) is 1.43. The smallest absolute Gasteiger partial charge is 0.462 e. The van der Waals surface area contributed by atoms with Crippen molar-refractivity contribution >= 4 is 19.8 Å². The summed E-state index contributed by atoms with van der Waals surface area (Å²) in [4.78, 5) is 35.3. The second kappa shape index (κ2) is 38.0. The maximum absolute atomic E-state index is 12.7. The normalized spacial score (nSPS) is 14.3. The Labute approximate surface area is 342 Å². The van der Waals surface area contributed by atoms with E-state index in [9.17, 15) is 19.0 Å². The van der Waals surface area contributed by atoms with Gasteiger partial charge in [0.25, 0.3) is 0 Å². The fourth-order valence-corrected chi connectivity index (χ4v) is 6.17. The van der Waals surface area contributed by atoms with Gasteiger partial charge in [0.1, 0.15) is 19.8 Å². The van der Waals surface area contributed by atoms with Gasteiger partial charge >= 0.3 is 19.8 Å². The average molecular weight is 807 g/mol. The second-order valence-corrected chi connectivity index (χ2v) is 16.8. The number of allylic oxidation sites excluding steroid dienone is 12. The van der Waals surface area contributed by atoms with E-state index in [0.29, 0.717) is 23.9 Å². The molecule has 0 aliphatic rings. The third kappa shape index (κ3) is 41.1. The molecule has 0 saturated carbocycles. The zero-order chi connectivity index (χ0) is 41.4. The van der Waals surface area contributed by atoms with Crippen molar-refractivity contribution in [2.45, 2.75) is 161 Å². The standard InChI is InChI=1S/C46H80NO8P/c1-6-8-10-12-14-16-18-20-21-22-23-24-25-27-29-31-33-35-37-39-46(49)55-44(43-54-56(50,51)53-41-40-47(3,4)5)42-52-45(48)38-36-34-32-30-28-26-19-17-15-13-11-9-7-2/h6,8,12,14,18,20,22-23,25,27,31,33,44H,7,9-11,13,15-17,19,21,24,26,28-30,32,34-43H2,1-5H3/p+1/b8-6-,14-12-,20-18-,23-22-,27-25-,33-31-/t44-/m1/s1. The molecule has 0 aromatic rings. The van der Waals surface area contributed by atoms with Gasteiger partial charge in [-0.3, -0.25) is 18.6 Å². The summed E-state index contributed by atoms with van der Waals surface area (Å²) >= 11 is 0. The Morgan fingerprint density at radius 3 is 1.52 bits per heavy atom. The topological polar surface area (TPSA) is 108 Å². The first-order chi connectivity index (χ1) is 27.0. The van der Waals surface area contributed by atoms with Gasteiger partial charge in [0.15, 0.2) is 6.10 Å². The van der Waals surface area contributed by atoms with Crippen molar-refractivity contribution in [1.82, 2.24) is 0 Å². The molecule has 1 N–H and O–H groups in total. The molecule has 0 aliphatic carbocycles. The van der Waals surface area contributed by atoms with Crippen molar-refractivity contribution in [1.29, 1.82) is 0 Å². The molecule has 0 bridgehead atoms. The van der Waals surface area contributed by atoms with Crippen LogP contribution in [0.15, 0.2) is 72.9 Å². The highest BCUT2D eigenvalue weighted by molar-refractivity contribution is 7.47. The maximum atomic E-state index is 12.7. The van der Waals surface area contributed by atoms with Gasteiger partial charge < -0.3 is 18.9 Å². The molecule has 56 heavy (non-hydrogen) atoms. The minimum atomic E-state index is -4.39. The van der Waals surface area contributed by atoms with Crippen LogP contribution in [0.1, 0.15) is 155 Å². The number of ether oxygens (including phenoxy) is 2. The summed E-state index contributed by atoms with van der Waals surface area (Å²) in [5.74, 6) is -0.872. The first-order valence-electron chi connectivity index (χ1n) is 21.6. The summed E-state index contributed by atoms with van der Waals surface area (Å²) in [6, 6.07) is 0. The van der Waals surface area contributed by atoms with Crippen LogP contribution in [-0.2, 0) is 32.7 Å². The van der Waals surface area contributed by atoms with E-state index in [-0.39, 0.29) is 32.0 Å². The van der Waals surface area contributed by atoms with Crippen molar-refractivity contribution in [3.05, 3.63) is 72.9 Å². The lowest BCUT2D eigenvalue weighted by atomic mass is 10.0. The average Bonchev–Trinajstić information content (AvgIpc) is 3.15. The van der Waals surface area contributed by atoms with Crippen molar-refractivity contribution in [3.63, 3.8) is 0 Å². The van der Waals surface area contributed by atoms with Gasteiger partial charge in [0.2, 0.25) is 0 Å². The Bertz CT molecular complexity index is 1180. The van der Waals surface area contributed by atoms with E-state index < -0.39 is 26.5 Å². The number of hydrogen-bond acceptors (Lipinski definition) is 7. The van der Waals surface area contributed by atoms with Crippen molar-refractivity contribution in [3.8, 4) is 0 Å². The molecule has 2 atom stereocenters. The number of phosphoric ester groups is 1. The molecule has 0 aromatic heterocycles. The number of carbonyl (C=O) groups is 2. The third-order valence-electron chi connectivity index (χ3n) is 8.83. The molecule has 0 amide bonds. The van der Waals surface area contributed by atoms with E-state index in [1.54, 1.807) is 0 Å². The van der Waals surface area contributed by atoms with Crippen molar-refractivity contribution < 1.29 is 42.1 Å². The minimum Gasteiger partial charge on any atom is -0.462 e. The highest BCUT2D eigenvalue weighted by Gasteiger charge is 2.27. The number of hydrogen-bond donors (Lipinski definition) is 1. The van der Waals surface area contributed by atoms with E-state index in [1.807, 2.05) is 34.1 Å². The number of unbranched alkanes of at least 4 members (excludes halogenated alkanes) is 13. The molecule has 0 aliphatic heterocycles. The minimum absolute atomic E-state index is 0.0183. The summed E-state index contributed by atoms with van der Waals surface area (Å²) in [6.07, 6.45) is 46.8. The molecule has 10 heteroatoms. The first kappa shape index (κ1) is 53.5. The number of rotatable bonds is 38. The van der Waals surface area contributed by atoms with Crippen LogP contribution >= 0.6 is 7.82 Å². The lowest BCUT2D eigenvalue weighted by Crippen LogP contribution is -2.37. The van der Waals surface area contributed by atoms with Gasteiger partial charge in [-0.25, -0.2) is 4.57 Å². The van der Waals surface area contributed by atoms with Crippen LogP contribution in [0.4, 0.5) is 0 Å². The predicted molar refractivity (Wildman–Crippen MR) is 233 cm³/mol.